The van der Waals surface area contributed by atoms with Gasteiger partial charge in [0.15, 0.2) is 5.60 Å². The van der Waals surface area contributed by atoms with Gasteiger partial charge in [-0.15, -0.1) is 6.58 Å². The number of unbranched alkanes of at least 4 members (excludes halogenated alkanes) is 1. The van der Waals surface area contributed by atoms with Gasteiger partial charge >= 0.3 is 12.2 Å². The van der Waals surface area contributed by atoms with E-state index in [9.17, 15) is 22.8 Å². The molecule has 18 heteroatoms. The molecule has 0 radical (unpaired) electrons. The highest BCUT2D eigenvalue weighted by Crippen LogP contribution is 2.40. The van der Waals surface area contributed by atoms with E-state index >= 15 is 0 Å². The number of sulfonamides is 1. The van der Waals surface area contributed by atoms with Crippen LogP contribution in [0.4, 0.5) is 9.59 Å². The van der Waals surface area contributed by atoms with Crippen molar-refractivity contribution < 1.29 is 37.0 Å². The molecule has 1 aromatic rings. The molecule has 1 rings (SSSR count). The molecule has 0 aliphatic carbocycles. The number of carbonyl (C=O) groups excluding carboxylic acids is 3. The molecule has 0 aliphatic heterocycles. The van der Waals surface area contributed by atoms with Crippen LogP contribution in [0.5, 0.6) is 5.75 Å². The van der Waals surface area contributed by atoms with Gasteiger partial charge in [0, 0.05) is 66.5 Å². The number of hydrogen-bond donors (Lipinski definition) is 2. The average molecular weight is 928 g/mol. The lowest BCUT2D eigenvalue weighted by Gasteiger charge is -2.34. The van der Waals surface area contributed by atoms with E-state index in [-0.39, 0.29) is 18.2 Å². The normalized spacial score (nSPS) is 12.8. The first-order valence-corrected chi connectivity index (χ1v) is 26.7. The molecule has 0 fully saturated rings. The summed E-state index contributed by atoms with van der Waals surface area (Å²) in [5, 5.41) is 5.56. The molecule has 0 unspecified atom stereocenters. The molecular formula is C41H70Cl3N5O8SSi. The highest BCUT2D eigenvalue weighted by molar-refractivity contribution is 7.89. The number of ether oxygens (including phenoxy) is 3. The second-order valence-electron chi connectivity index (χ2n) is 17.1. The maximum atomic E-state index is 13.5. The lowest BCUT2D eigenvalue weighted by atomic mass is 10.2. The van der Waals surface area contributed by atoms with Crippen molar-refractivity contribution in [2.45, 2.75) is 107 Å². The molecule has 59 heavy (non-hydrogen) atoms. The van der Waals surface area contributed by atoms with Gasteiger partial charge in [-0.25, -0.2) is 22.3 Å². The molecule has 13 nitrogen and oxygen atoms in total. The quantitative estimate of drug-likeness (QED) is 0.0292. The molecule has 0 saturated heterocycles. The van der Waals surface area contributed by atoms with Gasteiger partial charge in [0.05, 0.1) is 12.9 Å². The van der Waals surface area contributed by atoms with E-state index in [1.54, 1.807) is 43.2 Å². The van der Waals surface area contributed by atoms with Crippen LogP contribution in [0.2, 0.25) is 25.7 Å². The van der Waals surface area contributed by atoms with E-state index in [1.165, 1.54) is 19.9 Å². The van der Waals surface area contributed by atoms with Crippen molar-refractivity contribution in [3.63, 3.8) is 0 Å². The summed E-state index contributed by atoms with van der Waals surface area (Å²) in [6, 6.07) is 7.98. The van der Waals surface area contributed by atoms with Crippen LogP contribution in [0.25, 0.3) is 6.08 Å². The van der Waals surface area contributed by atoms with Gasteiger partial charge in [0.1, 0.15) is 11.4 Å². The monoisotopic (exact) mass is 925 g/mol. The molecule has 2 N–H and O–H groups in total. The van der Waals surface area contributed by atoms with Crippen molar-refractivity contribution in [2.75, 3.05) is 71.8 Å². The third-order valence-corrected chi connectivity index (χ3v) is 14.3. The van der Waals surface area contributed by atoms with Crippen LogP contribution in [0, 0.1) is 0 Å². The summed E-state index contributed by atoms with van der Waals surface area (Å²) < 4.78 is 42.8. The first-order chi connectivity index (χ1) is 27.3. The maximum absolute atomic E-state index is 13.5. The molecule has 0 bridgehead atoms. The van der Waals surface area contributed by atoms with Crippen LogP contribution in [0.1, 0.15) is 72.3 Å². The number of benzene rings is 1. The van der Waals surface area contributed by atoms with Gasteiger partial charge in [-0.1, -0.05) is 72.7 Å². The van der Waals surface area contributed by atoms with Crippen molar-refractivity contribution >= 4 is 77.1 Å². The van der Waals surface area contributed by atoms with Crippen molar-refractivity contribution in [1.29, 1.82) is 0 Å². The van der Waals surface area contributed by atoms with Crippen molar-refractivity contribution in [1.82, 2.24) is 24.7 Å². The molecule has 3 amide bonds. The van der Waals surface area contributed by atoms with Crippen molar-refractivity contribution in [3.05, 3.63) is 48.6 Å². The highest BCUT2D eigenvalue weighted by atomic mass is 35.6. The van der Waals surface area contributed by atoms with E-state index < -0.39 is 45.3 Å². The highest BCUT2D eigenvalue weighted by Gasteiger charge is 2.44. The molecule has 1 aromatic carbocycles. The predicted molar refractivity (Wildman–Crippen MR) is 245 cm³/mol. The van der Waals surface area contributed by atoms with Crippen LogP contribution < -0.4 is 15.4 Å². The van der Waals surface area contributed by atoms with E-state index in [4.69, 9.17) is 49.0 Å². The Balaban J connectivity index is 2.84. The first kappa shape index (κ1) is 54.5. The Labute approximate surface area is 370 Å². The minimum atomic E-state index is -3.49. The van der Waals surface area contributed by atoms with E-state index in [2.05, 4.69) is 41.8 Å². The predicted octanol–water partition coefficient (Wildman–Crippen LogP) is 8.35. The fraction of sp³-hybridized carbons (Fsp3) is 0.683. The van der Waals surface area contributed by atoms with E-state index in [0.29, 0.717) is 84.1 Å². The fourth-order valence-corrected chi connectivity index (χ4v) is 10.0. The summed E-state index contributed by atoms with van der Waals surface area (Å²) in [7, 11) is -3.50. The Morgan fingerprint density at radius 2 is 1.37 bits per heavy atom. The van der Waals surface area contributed by atoms with Crippen LogP contribution in [0.15, 0.2) is 43.0 Å². The van der Waals surface area contributed by atoms with Crippen LogP contribution >= 0.6 is 34.8 Å². The van der Waals surface area contributed by atoms with Crippen LogP contribution in [-0.4, -0.2) is 135 Å². The van der Waals surface area contributed by atoms with Gasteiger partial charge in [-0.05, 0) is 103 Å². The number of halogens is 3. The zero-order valence-electron chi connectivity index (χ0n) is 36.7. The third-order valence-electron chi connectivity index (χ3n) is 8.91. The molecule has 0 aliphatic rings. The number of nitrogens with one attached hydrogen (secondary N) is 2. The van der Waals surface area contributed by atoms with Crippen LogP contribution in [0.3, 0.4) is 0 Å². The second-order valence-corrected chi connectivity index (χ2v) is 27.1. The largest absolute Gasteiger partial charge is 0.497 e. The lowest BCUT2D eigenvalue weighted by molar-refractivity contribution is -0.116. The number of nitrogens with zero attached hydrogens (tertiary/aromatic N) is 3. The minimum absolute atomic E-state index is 0.108. The summed E-state index contributed by atoms with van der Waals surface area (Å²) >= 11 is 18.3. The second kappa shape index (κ2) is 26.1. The first-order valence-electron chi connectivity index (χ1n) is 20.2. The molecule has 338 valence electrons. The van der Waals surface area contributed by atoms with Gasteiger partial charge in [0.2, 0.25) is 19.7 Å². The standard InChI is InChI=1S/C41H70Cl3N5O8SSi/c1-11-25-47(26-12-13-30-49(58(53,54)32-33-59(8,9)10)31-15-24-46-37(51)56-39(2,3)4)27-16-29-48(38(52)57-40(5,6)41(42,43)44)28-14-23-45-36(50)22-19-34-17-20-35(55-7)21-18-34/h11,17-22H,1,12-16,23-33H2,2-10H3,(H,45,50)(H,46,51)/b22-19+. The molecular weight excluding hydrogens is 857 g/mol. The average Bonchev–Trinajstić information content (AvgIpc) is 3.11. The SMILES string of the molecule is C=CCN(CCCCN(CCCNC(=O)OC(C)(C)C)S(=O)(=O)CC[Si](C)(C)C)CCCN(CCCNC(=O)/C=C/c1ccc(OC)cc1)C(=O)OC(C)(C)C(Cl)(Cl)Cl. The number of alkyl carbamates (subject to hydrolysis) is 1. The summed E-state index contributed by atoms with van der Waals surface area (Å²) in [5.74, 6) is 0.562. The summed E-state index contributed by atoms with van der Waals surface area (Å²) in [6.45, 7) is 22.6. The summed E-state index contributed by atoms with van der Waals surface area (Å²) in [4.78, 5) is 41.7. The number of amides is 3. The Bertz CT molecular complexity index is 1580. The van der Waals surface area contributed by atoms with Gasteiger partial charge in [-0.3, -0.25) is 9.69 Å². The zero-order valence-corrected chi connectivity index (χ0v) is 40.8. The zero-order chi connectivity index (χ0) is 44.9. The molecule has 0 atom stereocenters. The number of carbonyl (C=O) groups is 3. The number of alkyl halides is 3. The molecule has 0 heterocycles. The Kier molecular flexibility index (Phi) is 24.1. The van der Waals surface area contributed by atoms with Crippen molar-refractivity contribution in [3.8, 4) is 5.75 Å². The van der Waals surface area contributed by atoms with E-state index in [0.717, 1.165) is 17.7 Å². The number of hydrogen-bond acceptors (Lipinski definition) is 9. The maximum Gasteiger partial charge on any atom is 0.410 e. The summed E-state index contributed by atoms with van der Waals surface area (Å²) in [5.41, 5.74) is -1.18. The Hall–Kier alpha value is -2.53. The van der Waals surface area contributed by atoms with E-state index in [1.807, 2.05) is 30.3 Å². The minimum Gasteiger partial charge on any atom is -0.497 e. The topological polar surface area (TPSA) is 147 Å². The van der Waals surface area contributed by atoms with Gasteiger partial charge in [0.25, 0.3) is 0 Å². The Morgan fingerprint density at radius 1 is 0.814 bits per heavy atom. The van der Waals surface area contributed by atoms with Crippen molar-refractivity contribution in [2.24, 2.45) is 0 Å². The third kappa shape index (κ3) is 24.5. The Morgan fingerprint density at radius 3 is 1.95 bits per heavy atom. The molecule has 0 saturated carbocycles. The number of methoxy groups -OCH3 is 1. The lowest BCUT2D eigenvalue weighted by Crippen LogP contribution is -2.46. The van der Waals surface area contributed by atoms with Crippen LogP contribution in [-0.2, 0) is 24.3 Å². The smallest absolute Gasteiger partial charge is 0.410 e. The fourth-order valence-electron chi connectivity index (χ4n) is 5.36. The molecule has 0 spiro atoms. The number of rotatable bonds is 27. The van der Waals surface area contributed by atoms with Gasteiger partial charge < -0.3 is 29.7 Å². The van der Waals surface area contributed by atoms with Gasteiger partial charge in [-0.2, -0.15) is 0 Å². The molecule has 0 aromatic heterocycles. The summed E-state index contributed by atoms with van der Waals surface area (Å²) in [6.07, 6.45) is 6.68.